The largest absolute Gasteiger partial charge is 0.341 e. The Morgan fingerprint density at radius 3 is 2.42 bits per heavy atom. The summed E-state index contributed by atoms with van der Waals surface area (Å²) < 4.78 is 0. The van der Waals surface area contributed by atoms with E-state index < -0.39 is 11.6 Å². The van der Waals surface area contributed by atoms with Crippen molar-refractivity contribution < 1.29 is 14.4 Å². The first kappa shape index (κ1) is 17.2. The summed E-state index contributed by atoms with van der Waals surface area (Å²) in [6.45, 7) is 3.40. The monoisotopic (exact) mass is 335 g/mol. The van der Waals surface area contributed by atoms with E-state index in [-0.39, 0.29) is 24.3 Å². The summed E-state index contributed by atoms with van der Waals surface area (Å²) in [5.74, 6) is -0.162. The minimum Gasteiger partial charge on any atom is -0.341 e. The summed E-state index contributed by atoms with van der Waals surface area (Å²) in [6, 6.07) is -0.394. The smallest absolute Gasteiger partial charge is 0.325 e. The maximum Gasteiger partial charge on any atom is 0.325 e. The van der Waals surface area contributed by atoms with Crippen molar-refractivity contribution in [1.82, 2.24) is 15.1 Å². The van der Waals surface area contributed by atoms with Crippen molar-refractivity contribution in [1.29, 1.82) is 0 Å². The van der Waals surface area contributed by atoms with Crippen LogP contribution < -0.4 is 5.32 Å². The number of amides is 4. The van der Waals surface area contributed by atoms with Gasteiger partial charge in [-0.15, -0.1) is 0 Å². The van der Waals surface area contributed by atoms with E-state index in [0.717, 1.165) is 62.9 Å². The summed E-state index contributed by atoms with van der Waals surface area (Å²) in [5, 5.41) is 2.92. The molecule has 6 heteroatoms. The molecule has 24 heavy (non-hydrogen) atoms. The van der Waals surface area contributed by atoms with Gasteiger partial charge in [0.1, 0.15) is 12.1 Å². The first-order valence-corrected chi connectivity index (χ1v) is 9.46. The molecule has 0 bridgehead atoms. The maximum atomic E-state index is 12.9. The first-order chi connectivity index (χ1) is 11.5. The fourth-order valence-corrected chi connectivity index (χ4v) is 4.37. The predicted octanol–water partition coefficient (Wildman–Crippen LogP) is 2.28. The van der Waals surface area contributed by atoms with Gasteiger partial charge in [0.15, 0.2) is 0 Å². The molecule has 0 aromatic carbocycles. The molecular formula is C18H29N3O3. The van der Waals surface area contributed by atoms with Gasteiger partial charge in [-0.3, -0.25) is 14.5 Å². The molecule has 0 aromatic heterocycles. The molecule has 3 aliphatic rings. The lowest BCUT2D eigenvalue weighted by Gasteiger charge is -2.36. The Morgan fingerprint density at radius 2 is 1.75 bits per heavy atom. The number of imide groups is 1. The van der Waals surface area contributed by atoms with Crippen LogP contribution in [0, 0.1) is 5.92 Å². The van der Waals surface area contributed by atoms with Crippen LogP contribution in [0.3, 0.4) is 0 Å². The van der Waals surface area contributed by atoms with E-state index in [1.165, 1.54) is 6.42 Å². The van der Waals surface area contributed by atoms with Crippen LogP contribution in [-0.4, -0.2) is 52.8 Å². The molecule has 1 spiro atoms. The van der Waals surface area contributed by atoms with E-state index in [9.17, 15) is 14.4 Å². The average molecular weight is 335 g/mol. The van der Waals surface area contributed by atoms with Gasteiger partial charge in [0, 0.05) is 13.1 Å². The number of rotatable bonds is 2. The van der Waals surface area contributed by atoms with Crippen molar-refractivity contribution in [2.24, 2.45) is 5.92 Å². The van der Waals surface area contributed by atoms with Crippen molar-refractivity contribution in [3.8, 4) is 0 Å². The molecule has 1 saturated carbocycles. The second kappa shape index (κ2) is 7.11. The Morgan fingerprint density at radius 1 is 1.08 bits per heavy atom. The minimum absolute atomic E-state index is 0.0964. The number of nitrogens with zero attached hydrogens (tertiary/aromatic N) is 2. The van der Waals surface area contributed by atoms with E-state index in [2.05, 4.69) is 5.32 Å². The number of hydrogen-bond donors (Lipinski definition) is 1. The van der Waals surface area contributed by atoms with Crippen molar-refractivity contribution in [2.75, 3.05) is 19.6 Å². The molecule has 2 atom stereocenters. The van der Waals surface area contributed by atoms with Gasteiger partial charge in [-0.2, -0.15) is 0 Å². The van der Waals surface area contributed by atoms with Crippen LogP contribution in [0.25, 0.3) is 0 Å². The number of nitrogens with one attached hydrogen (secondary N) is 1. The quantitative estimate of drug-likeness (QED) is 0.787. The molecule has 2 saturated heterocycles. The number of hydrogen-bond acceptors (Lipinski definition) is 3. The first-order valence-electron chi connectivity index (χ1n) is 9.46. The van der Waals surface area contributed by atoms with Crippen molar-refractivity contribution in [3.63, 3.8) is 0 Å². The van der Waals surface area contributed by atoms with Gasteiger partial charge in [-0.25, -0.2) is 4.79 Å². The second-order valence-corrected chi connectivity index (χ2v) is 7.59. The van der Waals surface area contributed by atoms with Crippen LogP contribution in [0.4, 0.5) is 4.79 Å². The third-order valence-electron chi connectivity index (χ3n) is 6.00. The molecule has 134 valence electrons. The summed E-state index contributed by atoms with van der Waals surface area (Å²) in [4.78, 5) is 40.9. The predicted molar refractivity (Wildman–Crippen MR) is 90.3 cm³/mol. The normalized spacial score (nSPS) is 31.8. The molecular weight excluding hydrogens is 306 g/mol. The highest BCUT2D eigenvalue weighted by molar-refractivity contribution is 6.09. The Labute approximate surface area is 143 Å². The molecule has 2 heterocycles. The van der Waals surface area contributed by atoms with Gasteiger partial charge < -0.3 is 10.2 Å². The van der Waals surface area contributed by atoms with Gasteiger partial charge in [-0.1, -0.05) is 39.0 Å². The second-order valence-electron chi connectivity index (χ2n) is 7.59. The average Bonchev–Trinajstić information content (AvgIpc) is 2.75. The number of urea groups is 1. The molecule has 1 N–H and O–H groups in total. The van der Waals surface area contributed by atoms with Crippen molar-refractivity contribution in [2.45, 2.75) is 70.3 Å². The van der Waals surface area contributed by atoms with E-state index in [1.807, 2.05) is 11.8 Å². The number of carbonyl (C=O) groups is 3. The van der Waals surface area contributed by atoms with Crippen LogP contribution in [0.15, 0.2) is 0 Å². The standard InChI is InChI=1S/C18H29N3O3/c1-14-9-5-6-10-18(14)16(23)21(17(24)19-18)13-15(22)20-11-7-3-2-4-8-12-20/h14H,2-13H2,1H3,(H,19,24)/t14-,18-/m1/s1. The van der Waals surface area contributed by atoms with E-state index in [1.54, 1.807) is 0 Å². The molecule has 3 rings (SSSR count). The highest BCUT2D eigenvalue weighted by atomic mass is 16.2. The van der Waals surface area contributed by atoms with Crippen LogP contribution in [-0.2, 0) is 9.59 Å². The molecule has 0 radical (unpaired) electrons. The Hall–Kier alpha value is -1.59. The van der Waals surface area contributed by atoms with Gasteiger partial charge in [-0.05, 0) is 31.6 Å². The summed E-state index contributed by atoms with van der Waals surface area (Å²) in [7, 11) is 0. The molecule has 4 amide bonds. The highest BCUT2D eigenvalue weighted by Crippen LogP contribution is 2.38. The topological polar surface area (TPSA) is 69.7 Å². The van der Waals surface area contributed by atoms with Crippen LogP contribution in [0.1, 0.15) is 64.7 Å². The van der Waals surface area contributed by atoms with Gasteiger partial charge >= 0.3 is 6.03 Å². The third kappa shape index (κ3) is 3.15. The Bertz CT molecular complexity index is 514. The van der Waals surface area contributed by atoms with Crippen LogP contribution in [0.2, 0.25) is 0 Å². The van der Waals surface area contributed by atoms with Crippen LogP contribution >= 0.6 is 0 Å². The lowest BCUT2D eigenvalue weighted by atomic mass is 9.73. The third-order valence-corrected chi connectivity index (χ3v) is 6.00. The van der Waals surface area contributed by atoms with Crippen molar-refractivity contribution >= 4 is 17.8 Å². The fraction of sp³-hybridized carbons (Fsp3) is 0.833. The van der Waals surface area contributed by atoms with Crippen LogP contribution in [0.5, 0.6) is 0 Å². The maximum absolute atomic E-state index is 12.9. The zero-order valence-corrected chi connectivity index (χ0v) is 14.7. The summed E-state index contributed by atoms with van der Waals surface area (Å²) in [6.07, 6.45) is 9.21. The lowest BCUT2D eigenvalue weighted by molar-refractivity contribution is -0.140. The molecule has 0 aromatic rings. The Kier molecular flexibility index (Phi) is 5.11. The van der Waals surface area contributed by atoms with Gasteiger partial charge in [0.2, 0.25) is 5.91 Å². The molecule has 3 fully saturated rings. The van der Waals surface area contributed by atoms with Gasteiger partial charge in [0.05, 0.1) is 0 Å². The molecule has 1 aliphatic carbocycles. The van der Waals surface area contributed by atoms with Gasteiger partial charge in [0.25, 0.3) is 5.91 Å². The summed E-state index contributed by atoms with van der Waals surface area (Å²) >= 11 is 0. The Balaban J connectivity index is 1.67. The lowest BCUT2D eigenvalue weighted by Crippen LogP contribution is -2.54. The summed E-state index contributed by atoms with van der Waals surface area (Å²) in [5.41, 5.74) is -0.772. The number of likely N-dealkylation sites (tertiary alicyclic amines) is 1. The highest BCUT2D eigenvalue weighted by Gasteiger charge is 2.55. The minimum atomic E-state index is -0.772. The number of carbonyl (C=O) groups excluding carboxylic acids is 3. The van der Waals surface area contributed by atoms with E-state index in [0.29, 0.717) is 6.42 Å². The molecule has 6 nitrogen and oxygen atoms in total. The van der Waals surface area contributed by atoms with Crippen molar-refractivity contribution in [3.05, 3.63) is 0 Å². The van der Waals surface area contributed by atoms with E-state index in [4.69, 9.17) is 0 Å². The van der Waals surface area contributed by atoms with E-state index >= 15 is 0 Å². The zero-order valence-electron chi connectivity index (χ0n) is 14.7. The fourth-order valence-electron chi connectivity index (χ4n) is 4.37. The molecule has 2 aliphatic heterocycles. The zero-order chi connectivity index (χ0) is 17.2. The SMILES string of the molecule is C[C@@H]1CCCC[C@@]12NC(=O)N(CC(=O)N1CCCCCCC1)C2=O. The molecule has 0 unspecified atom stereocenters.